The highest BCUT2D eigenvalue weighted by atomic mass is 32.2. The third-order valence-electron chi connectivity index (χ3n) is 5.50. The van der Waals surface area contributed by atoms with Crippen LogP contribution < -0.4 is 23.1 Å². The molecule has 0 aliphatic carbocycles. The minimum atomic E-state index is -3.87. The minimum absolute atomic E-state index is 0.00789. The van der Waals surface area contributed by atoms with E-state index in [1.165, 1.54) is 39.5 Å². The van der Waals surface area contributed by atoms with Gasteiger partial charge in [0.05, 0.1) is 32.6 Å². The van der Waals surface area contributed by atoms with Gasteiger partial charge in [-0.3, -0.25) is 0 Å². The summed E-state index contributed by atoms with van der Waals surface area (Å²) < 4.78 is 71.5. The van der Waals surface area contributed by atoms with Crippen LogP contribution in [0.1, 0.15) is 20.3 Å². The molecule has 0 aromatic heterocycles. The average molecular weight is 561 g/mol. The highest BCUT2D eigenvalue weighted by molar-refractivity contribution is 7.86. The lowest BCUT2D eigenvalue weighted by Gasteiger charge is -2.22. The van der Waals surface area contributed by atoms with Gasteiger partial charge in [-0.1, -0.05) is 29.8 Å². The first-order valence-electron chi connectivity index (χ1n) is 12.0. The summed E-state index contributed by atoms with van der Waals surface area (Å²) in [5.41, 5.74) is 3.39. The number of ether oxygens (including phenoxy) is 5. The number of methoxy groups -OCH3 is 3. The molecule has 10 heteroatoms. The van der Waals surface area contributed by atoms with Crippen LogP contribution in [-0.4, -0.2) is 49.4 Å². The van der Waals surface area contributed by atoms with Crippen LogP contribution in [0, 0.1) is 5.82 Å². The van der Waals surface area contributed by atoms with Crippen LogP contribution in [-0.2, 0) is 14.9 Å². The van der Waals surface area contributed by atoms with Crippen molar-refractivity contribution in [3.05, 3.63) is 66.0 Å². The molecule has 0 fully saturated rings. The number of hydrogen-bond acceptors (Lipinski definition) is 8. The maximum absolute atomic E-state index is 13.6. The van der Waals surface area contributed by atoms with Crippen molar-refractivity contribution in [3.63, 3.8) is 0 Å². The van der Waals surface area contributed by atoms with Crippen molar-refractivity contribution in [2.24, 2.45) is 0 Å². The first kappa shape index (κ1) is 29.8. The van der Waals surface area contributed by atoms with Crippen LogP contribution >= 0.6 is 0 Å². The number of hydrogen-bond donors (Lipinski definition) is 0. The normalized spacial score (nSPS) is 11.1. The Labute approximate surface area is 229 Å². The molecule has 0 radical (unpaired) electrons. The van der Waals surface area contributed by atoms with E-state index in [2.05, 4.69) is 0 Å². The quantitative estimate of drug-likeness (QED) is 0.105. The number of benzene rings is 3. The monoisotopic (exact) mass is 560 g/mol. The second-order valence-electron chi connectivity index (χ2n) is 8.79. The molecule has 3 aromatic rings. The van der Waals surface area contributed by atoms with Gasteiger partial charge in [0.1, 0.15) is 11.6 Å². The molecule has 39 heavy (non-hydrogen) atoms. The van der Waals surface area contributed by atoms with E-state index in [1.807, 2.05) is 19.9 Å². The SMILES string of the molecule is COCOc1c(OC)c(-c2ccc(F)cc2)cc(OC)c1-c1ccc(OCCC=C(C)C)c(OS(C)(=O)=O)c1. The fourth-order valence-corrected chi connectivity index (χ4v) is 4.34. The van der Waals surface area contributed by atoms with Gasteiger partial charge >= 0.3 is 10.1 Å². The molecule has 0 aliphatic heterocycles. The second kappa shape index (κ2) is 13.3. The van der Waals surface area contributed by atoms with Crippen LogP contribution in [0.5, 0.6) is 28.7 Å². The molecule has 0 aliphatic rings. The summed E-state index contributed by atoms with van der Waals surface area (Å²) in [5, 5.41) is 0. The van der Waals surface area contributed by atoms with E-state index in [0.29, 0.717) is 46.8 Å². The van der Waals surface area contributed by atoms with Gasteiger partial charge in [0.25, 0.3) is 0 Å². The second-order valence-corrected chi connectivity index (χ2v) is 10.4. The van der Waals surface area contributed by atoms with Crippen molar-refractivity contribution in [2.45, 2.75) is 20.3 Å². The molecule has 3 aromatic carbocycles. The molecule has 0 unspecified atom stereocenters. The van der Waals surface area contributed by atoms with Crippen molar-refractivity contribution in [1.82, 2.24) is 0 Å². The van der Waals surface area contributed by atoms with Crippen LogP contribution in [0.3, 0.4) is 0 Å². The summed E-state index contributed by atoms with van der Waals surface area (Å²) in [5.74, 6) is 0.915. The number of allylic oxidation sites excluding steroid dienone is 1. The molecule has 0 bridgehead atoms. The Balaban J connectivity index is 2.21. The highest BCUT2D eigenvalue weighted by Gasteiger charge is 2.25. The molecule has 0 amide bonds. The first-order chi connectivity index (χ1) is 18.6. The topological polar surface area (TPSA) is 89.5 Å². The van der Waals surface area contributed by atoms with E-state index in [9.17, 15) is 12.8 Å². The summed E-state index contributed by atoms with van der Waals surface area (Å²) in [6.45, 7) is 4.19. The Morgan fingerprint density at radius 2 is 1.54 bits per heavy atom. The summed E-state index contributed by atoms with van der Waals surface area (Å²) in [4.78, 5) is 0. The van der Waals surface area contributed by atoms with E-state index >= 15 is 0 Å². The van der Waals surface area contributed by atoms with Crippen LogP contribution in [0.25, 0.3) is 22.3 Å². The van der Waals surface area contributed by atoms with Crippen molar-refractivity contribution in [2.75, 3.05) is 41.0 Å². The van der Waals surface area contributed by atoms with Crippen molar-refractivity contribution < 1.29 is 40.7 Å². The minimum Gasteiger partial charge on any atom is -0.496 e. The molecule has 3 rings (SSSR count). The maximum Gasteiger partial charge on any atom is 0.306 e. The Morgan fingerprint density at radius 3 is 2.13 bits per heavy atom. The van der Waals surface area contributed by atoms with Gasteiger partial charge in [-0.15, -0.1) is 0 Å². The number of rotatable bonds is 13. The van der Waals surface area contributed by atoms with Crippen LogP contribution in [0.15, 0.2) is 60.2 Å². The predicted octanol–water partition coefficient (Wildman–Crippen LogP) is 6.23. The molecule has 0 atom stereocenters. The molecule has 0 heterocycles. The maximum atomic E-state index is 13.6. The number of halogens is 1. The van der Waals surface area contributed by atoms with Crippen LogP contribution in [0.4, 0.5) is 4.39 Å². The third kappa shape index (κ3) is 7.87. The highest BCUT2D eigenvalue weighted by Crippen LogP contribution is 2.51. The lowest BCUT2D eigenvalue weighted by Crippen LogP contribution is -2.08. The van der Waals surface area contributed by atoms with Gasteiger partial charge in [0, 0.05) is 12.7 Å². The van der Waals surface area contributed by atoms with E-state index in [-0.39, 0.29) is 29.9 Å². The van der Waals surface area contributed by atoms with Crippen LogP contribution in [0.2, 0.25) is 0 Å². The third-order valence-corrected chi connectivity index (χ3v) is 5.98. The van der Waals surface area contributed by atoms with E-state index in [4.69, 9.17) is 27.9 Å². The van der Waals surface area contributed by atoms with Crippen molar-refractivity contribution >= 4 is 10.1 Å². The van der Waals surface area contributed by atoms with Crippen molar-refractivity contribution in [1.29, 1.82) is 0 Å². The zero-order chi connectivity index (χ0) is 28.6. The van der Waals surface area contributed by atoms with E-state index < -0.39 is 10.1 Å². The fraction of sp³-hybridized carbons (Fsp3) is 0.310. The van der Waals surface area contributed by atoms with Gasteiger partial charge in [0.15, 0.2) is 29.8 Å². The van der Waals surface area contributed by atoms with Gasteiger partial charge in [-0.05, 0) is 61.7 Å². The Kier molecular flexibility index (Phi) is 10.2. The van der Waals surface area contributed by atoms with Gasteiger partial charge in [-0.25, -0.2) is 4.39 Å². The predicted molar refractivity (Wildman–Crippen MR) is 148 cm³/mol. The summed E-state index contributed by atoms with van der Waals surface area (Å²) in [6.07, 6.45) is 3.62. The zero-order valence-corrected chi connectivity index (χ0v) is 23.7. The Morgan fingerprint density at radius 1 is 0.846 bits per heavy atom. The fourth-order valence-electron chi connectivity index (χ4n) is 3.88. The summed E-state index contributed by atoms with van der Waals surface area (Å²) >= 11 is 0. The zero-order valence-electron chi connectivity index (χ0n) is 22.9. The Hall–Kier alpha value is -3.76. The smallest absolute Gasteiger partial charge is 0.306 e. The summed E-state index contributed by atoms with van der Waals surface area (Å²) in [6, 6.07) is 12.6. The summed E-state index contributed by atoms with van der Waals surface area (Å²) in [7, 11) is 0.588. The van der Waals surface area contributed by atoms with Gasteiger partial charge in [0.2, 0.25) is 0 Å². The molecule has 0 N–H and O–H groups in total. The van der Waals surface area contributed by atoms with E-state index in [0.717, 1.165) is 11.8 Å². The standard InChI is InChI=1S/C29H33FO8S/c1-19(2)8-7-15-36-24-14-11-21(16-25(24)38-39(6,31)32)27-26(34-4)17-23(20-9-12-22(30)13-10-20)28(35-5)29(27)37-18-33-3/h8-14,16-17H,7,15,18H2,1-6H3. The molecule has 8 nitrogen and oxygen atoms in total. The molecule has 0 saturated carbocycles. The van der Waals surface area contributed by atoms with Gasteiger partial charge in [-0.2, -0.15) is 8.42 Å². The van der Waals surface area contributed by atoms with E-state index in [1.54, 1.807) is 30.3 Å². The van der Waals surface area contributed by atoms with Gasteiger partial charge < -0.3 is 27.9 Å². The molecular formula is C29H33FO8S. The average Bonchev–Trinajstić information content (AvgIpc) is 2.89. The molecular weight excluding hydrogens is 527 g/mol. The first-order valence-corrected chi connectivity index (χ1v) is 13.9. The lowest BCUT2D eigenvalue weighted by atomic mass is 9.96. The Bertz CT molecular complexity index is 1410. The largest absolute Gasteiger partial charge is 0.496 e. The molecule has 210 valence electrons. The molecule has 0 saturated heterocycles. The lowest BCUT2D eigenvalue weighted by molar-refractivity contribution is 0.0495. The van der Waals surface area contributed by atoms with Crippen molar-refractivity contribution in [3.8, 4) is 51.0 Å². The molecule has 0 spiro atoms.